The Morgan fingerprint density at radius 3 is 2.69 bits per heavy atom. The van der Waals surface area contributed by atoms with Crippen LogP contribution in [0.3, 0.4) is 0 Å². The predicted octanol–water partition coefficient (Wildman–Crippen LogP) is 3.30. The minimum atomic E-state index is 0.833. The number of hydrogen-bond acceptors (Lipinski definition) is 1. The molecule has 0 N–H and O–H groups in total. The molecule has 0 atom stereocenters. The minimum Gasteiger partial charge on any atom is -0.281 e. The van der Waals surface area contributed by atoms with E-state index in [0.29, 0.717) is 0 Å². The zero-order valence-electron chi connectivity index (χ0n) is 8.89. The molecule has 1 aliphatic rings. The Morgan fingerprint density at radius 2 is 2.08 bits per heavy atom. The molecule has 0 saturated carbocycles. The molecule has 0 aromatic heterocycles. The first-order chi connectivity index (χ1) is 6.15. The van der Waals surface area contributed by atoms with E-state index in [1.807, 2.05) is 6.92 Å². The molecule has 0 aromatic carbocycles. The van der Waals surface area contributed by atoms with Crippen LogP contribution in [0.2, 0.25) is 0 Å². The van der Waals surface area contributed by atoms with Crippen molar-refractivity contribution < 1.29 is 0 Å². The summed E-state index contributed by atoms with van der Waals surface area (Å²) < 4.78 is 0. The number of rotatable bonds is 1. The summed E-state index contributed by atoms with van der Waals surface area (Å²) in [4.78, 5) is 4.53. The van der Waals surface area contributed by atoms with E-state index in [4.69, 9.17) is 0 Å². The third-order valence-corrected chi connectivity index (χ3v) is 2.49. The summed E-state index contributed by atoms with van der Waals surface area (Å²) in [5, 5.41) is 0. The molecule has 0 aromatic rings. The second-order valence-electron chi connectivity index (χ2n) is 3.47. The van der Waals surface area contributed by atoms with E-state index in [0.717, 1.165) is 12.3 Å². The molecule has 1 aliphatic heterocycles. The van der Waals surface area contributed by atoms with Gasteiger partial charge in [-0.1, -0.05) is 17.7 Å². The van der Waals surface area contributed by atoms with Gasteiger partial charge in [0.05, 0.1) is 12.3 Å². The first-order valence-corrected chi connectivity index (χ1v) is 4.67. The van der Waals surface area contributed by atoms with Crippen LogP contribution in [-0.2, 0) is 0 Å². The topological polar surface area (TPSA) is 12.4 Å². The maximum absolute atomic E-state index is 4.53. The molecule has 70 valence electrons. The predicted molar refractivity (Wildman–Crippen MR) is 59.2 cm³/mol. The lowest BCUT2D eigenvalue weighted by Crippen LogP contribution is -1.96. The van der Waals surface area contributed by atoms with Gasteiger partial charge in [0.2, 0.25) is 0 Å². The maximum atomic E-state index is 4.53. The third-order valence-electron chi connectivity index (χ3n) is 2.49. The molecule has 1 rings (SSSR count). The van der Waals surface area contributed by atoms with Crippen molar-refractivity contribution >= 4 is 5.71 Å². The summed E-state index contributed by atoms with van der Waals surface area (Å²) in [6, 6.07) is 0. The number of aliphatic imine (C=N–C) groups is 1. The van der Waals surface area contributed by atoms with Crippen molar-refractivity contribution in [3.63, 3.8) is 0 Å². The maximum Gasteiger partial charge on any atom is 0.0609 e. The quantitative estimate of drug-likeness (QED) is 0.580. The molecule has 0 spiro atoms. The highest BCUT2D eigenvalue weighted by atomic mass is 14.7. The first kappa shape index (κ1) is 9.97. The van der Waals surface area contributed by atoms with Crippen LogP contribution in [-0.4, -0.2) is 12.3 Å². The lowest BCUT2D eigenvalue weighted by Gasteiger charge is -1.99. The van der Waals surface area contributed by atoms with E-state index >= 15 is 0 Å². The fraction of sp³-hybridized carbons (Fsp3) is 0.417. The number of allylic oxidation sites excluding steroid dienone is 5. The molecule has 0 radical (unpaired) electrons. The molecule has 1 heteroatoms. The van der Waals surface area contributed by atoms with Gasteiger partial charge in [0, 0.05) is 0 Å². The Labute approximate surface area is 80.6 Å². The Kier molecular flexibility index (Phi) is 3.24. The zero-order valence-corrected chi connectivity index (χ0v) is 8.89. The average molecular weight is 175 g/mol. The lowest BCUT2D eigenvalue weighted by molar-refractivity contribution is 1.11. The third kappa shape index (κ3) is 2.41. The molecule has 0 bridgehead atoms. The van der Waals surface area contributed by atoms with E-state index in [9.17, 15) is 0 Å². The molecule has 1 nitrogen and oxygen atoms in total. The molecule has 0 amide bonds. The Bertz CT molecular complexity index is 314. The number of hydrogen-bond donors (Lipinski definition) is 0. The normalized spacial score (nSPS) is 18.8. The van der Waals surface area contributed by atoms with Crippen molar-refractivity contribution in [2.45, 2.75) is 27.7 Å². The molecule has 0 aliphatic carbocycles. The van der Waals surface area contributed by atoms with Crippen LogP contribution in [0.25, 0.3) is 0 Å². The second-order valence-corrected chi connectivity index (χ2v) is 3.47. The summed E-state index contributed by atoms with van der Waals surface area (Å²) in [6.45, 7) is 9.24. The summed E-state index contributed by atoms with van der Waals surface area (Å²) in [7, 11) is 0. The van der Waals surface area contributed by atoms with E-state index < -0.39 is 0 Å². The van der Waals surface area contributed by atoms with Gasteiger partial charge >= 0.3 is 0 Å². The van der Waals surface area contributed by atoms with Gasteiger partial charge in [0.25, 0.3) is 0 Å². The lowest BCUT2D eigenvalue weighted by atomic mass is 10.1. The molecule has 0 fully saturated rings. The van der Waals surface area contributed by atoms with Gasteiger partial charge in [0.1, 0.15) is 0 Å². The smallest absolute Gasteiger partial charge is 0.0609 e. The summed E-state index contributed by atoms with van der Waals surface area (Å²) in [6.07, 6.45) is 6.34. The van der Waals surface area contributed by atoms with Crippen molar-refractivity contribution in [2.75, 3.05) is 6.54 Å². The summed E-state index contributed by atoms with van der Waals surface area (Å²) in [5.41, 5.74) is 5.05. The molecule has 1 heterocycles. The van der Waals surface area contributed by atoms with Crippen LogP contribution < -0.4 is 0 Å². The van der Waals surface area contributed by atoms with Gasteiger partial charge in [-0.05, 0) is 44.9 Å². The molecule has 0 saturated heterocycles. The highest BCUT2D eigenvalue weighted by molar-refractivity contribution is 6.08. The van der Waals surface area contributed by atoms with E-state index in [-0.39, 0.29) is 0 Å². The Hall–Kier alpha value is -1.11. The van der Waals surface area contributed by atoms with Gasteiger partial charge < -0.3 is 0 Å². The van der Waals surface area contributed by atoms with Crippen LogP contribution in [0, 0.1) is 0 Å². The summed E-state index contributed by atoms with van der Waals surface area (Å²) in [5.74, 6) is 0. The highest BCUT2D eigenvalue weighted by Gasteiger charge is 2.02. The van der Waals surface area contributed by atoms with E-state index in [1.165, 1.54) is 16.7 Å². The molecule has 0 unspecified atom stereocenters. The molecular formula is C12H17N. The average Bonchev–Trinajstić information content (AvgIpc) is 2.30. The SMILES string of the molecule is C/C=C(\C)C1=NCC(C)=C(C)C=C1. The van der Waals surface area contributed by atoms with Crippen LogP contribution >= 0.6 is 0 Å². The van der Waals surface area contributed by atoms with Crippen LogP contribution in [0.5, 0.6) is 0 Å². The molecular weight excluding hydrogens is 158 g/mol. The van der Waals surface area contributed by atoms with Gasteiger partial charge in [0.15, 0.2) is 0 Å². The largest absolute Gasteiger partial charge is 0.281 e. The Balaban J connectivity index is 2.93. The highest BCUT2D eigenvalue weighted by Crippen LogP contribution is 2.11. The van der Waals surface area contributed by atoms with Gasteiger partial charge in [-0.2, -0.15) is 0 Å². The fourth-order valence-corrected chi connectivity index (χ4v) is 1.13. The standard InChI is InChI=1S/C12H17N/c1-5-9(2)12-7-6-10(3)11(4)8-13-12/h5-7H,8H2,1-4H3/b9-5+. The fourth-order valence-electron chi connectivity index (χ4n) is 1.13. The van der Waals surface area contributed by atoms with Crippen LogP contribution in [0.4, 0.5) is 0 Å². The van der Waals surface area contributed by atoms with Gasteiger partial charge in [-0.15, -0.1) is 0 Å². The second kappa shape index (κ2) is 4.22. The van der Waals surface area contributed by atoms with Crippen LogP contribution in [0.1, 0.15) is 27.7 Å². The summed E-state index contributed by atoms with van der Waals surface area (Å²) >= 11 is 0. The van der Waals surface area contributed by atoms with Crippen molar-refractivity contribution in [1.82, 2.24) is 0 Å². The van der Waals surface area contributed by atoms with Crippen molar-refractivity contribution in [1.29, 1.82) is 0 Å². The first-order valence-electron chi connectivity index (χ1n) is 4.67. The minimum absolute atomic E-state index is 0.833. The van der Waals surface area contributed by atoms with Crippen LogP contribution in [0.15, 0.2) is 39.9 Å². The van der Waals surface area contributed by atoms with Gasteiger partial charge in [-0.3, -0.25) is 4.99 Å². The monoisotopic (exact) mass is 175 g/mol. The van der Waals surface area contributed by atoms with Gasteiger partial charge in [-0.25, -0.2) is 0 Å². The van der Waals surface area contributed by atoms with Crippen molar-refractivity contribution in [3.8, 4) is 0 Å². The zero-order chi connectivity index (χ0) is 9.84. The Morgan fingerprint density at radius 1 is 1.38 bits per heavy atom. The van der Waals surface area contributed by atoms with E-state index in [1.54, 1.807) is 0 Å². The molecule has 13 heavy (non-hydrogen) atoms. The van der Waals surface area contributed by atoms with Crippen molar-refractivity contribution in [3.05, 3.63) is 34.9 Å². The number of nitrogens with zero attached hydrogens (tertiary/aromatic N) is 1. The van der Waals surface area contributed by atoms with E-state index in [2.05, 4.69) is 44.0 Å². The van der Waals surface area contributed by atoms with Crippen molar-refractivity contribution in [2.24, 2.45) is 4.99 Å².